The molecule has 2 fully saturated rings. The summed E-state index contributed by atoms with van der Waals surface area (Å²) in [5, 5.41) is 9.15. The summed E-state index contributed by atoms with van der Waals surface area (Å²) in [4.78, 5) is 2.66. The SMILES string of the molecule is N#CC1C[C@@H]2CCC[C@@H](C1)N2Cc1ccccc1. The lowest BCUT2D eigenvalue weighted by molar-refractivity contribution is 0.0184. The van der Waals surface area contributed by atoms with Crippen LogP contribution >= 0.6 is 0 Å². The van der Waals surface area contributed by atoms with Gasteiger partial charge in [0.15, 0.2) is 0 Å². The number of piperidine rings is 2. The summed E-state index contributed by atoms with van der Waals surface area (Å²) in [6.45, 7) is 1.06. The van der Waals surface area contributed by atoms with E-state index >= 15 is 0 Å². The van der Waals surface area contributed by atoms with Crippen molar-refractivity contribution in [1.82, 2.24) is 4.90 Å². The summed E-state index contributed by atoms with van der Waals surface area (Å²) < 4.78 is 0. The fourth-order valence-electron chi connectivity index (χ4n) is 3.64. The van der Waals surface area contributed by atoms with E-state index in [0.717, 1.165) is 19.4 Å². The number of fused-ring (bicyclic) bond motifs is 2. The summed E-state index contributed by atoms with van der Waals surface area (Å²) in [5.41, 5.74) is 1.41. The summed E-state index contributed by atoms with van der Waals surface area (Å²) in [6.07, 6.45) is 6.07. The molecule has 2 aliphatic rings. The second-order valence-corrected chi connectivity index (χ2v) is 5.69. The summed E-state index contributed by atoms with van der Waals surface area (Å²) in [6, 6.07) is 14.5. The maximum atomic E-state index is 9.15. The Hall–Kier alpha value is -1.33. The third-order valence-corrected chi connectivity index (χ3v) is 4.52. The Bertz CT molecular complexity index is 420. The number of hydrogen-bond donors (Lipinski definition) is 0. The molecule has 0 aliphatic carbocycles. The molecule has 1 aromatic rings. The van der Waals surface area contributed by atoms with Crippen LogP contribution in [-0.2, 0) is 6.54 Å². The zero-order valence-electron chi connectivity index (χ0n) is 10.8. The quantitative estimate of drug-likeness (QED) is 0.792. The van der Waals surface area contributed by atoms with E-state index in [9.17, 15) is 0 Å². The lowest BCUT2D eigenvalue weighted by Crippen LogP contribution is -2.51. The van der Waals surface area contributed by atoms with Crippen LogP contribution in [0.4, 0.5) is 0 Å². The first-order chi connectivity index (χ1) is 8.86. The fourth-order valence-corrected chi connectivity index (χ4v) is 3.64. The molecular formula is C16H20N2. The average Bonchev–Trinajstić information content (AvgIpc) is 2.39. The maximum Gasteiger partial charge on any atom is 0.0657 e. The van der Waals surface area contributed by atoms with Gasteiger partial charge in [-0.25, -0.2) is 0 Å². The van der Waals surface area contributed by atoms with E-state index in [1.165, 1.54) is 24.8 Å². The van der Waals surface area contributed by atoms with Gasteiger partial charge in [0, 0.05) is 24.5 Å². The first-order valence-electron chi connectivity index (χ1n) is 7.06. The normalized spacial score (nSPS) is 31.8. The van der Waals surface area contributed by atoms with E-state index in [-0.39, 0.29) is 0 Å². The minimum Gasteiger partial charge on any atom is -0.293 e. The van der Waals surface area contributed by atoms with E-state index in [0.29, 0.717) is 18.0 Å². The summed E-state index contributed by atoms with van der Waals surface area (Å²) >= 11 is 0. The van der Waals surface area contributed by atoms with Crippen LogP contribution in [0.15, 0.2) is 30.3 Å². The van der Waals surface area contributed by atoms with Gasteiger partial charge in [0.2, 0.25) is 0 Å². The number of nitrogens with zero attached hydrogens (tertiary/aromatic N) is 2. The highest BCUT2D eigenvalue weighted by Crippen LogP contribution is 2.37. The van der Waals surface area contributed by atoms with Gasteiger partial charge < -0.3 is 0 Å². The standard InChI is InChI=1S/C16H20N2/c17-11-14-9-15-7-4-8-16(10-14)18(15)12-13-5-2-1-3-6-13/h1-3,5-6,14-16H,4,7-10,12H2/t15-,16-/m0/s1. The molecule has 0 radical (unpaired) electrons. The van der Waals surface area contributed by atoms with Gasteiger partial charge in [-0.1, -0.05) is 36.8 Å². The second-order valence-electron chi connectivity index (χ2n) is 5.69. The first kappa shape index (κ1) is 11.7. The third kappa shape index (κ3) is 2.28. The van der Waals surface area contributed by atoms with Crippen LogP contribution in [0.2, 0.25) is 0 Å². The van der Waals surface area contributed by atoms with Crippen molar-refractivity contribution in [3.05, 3.63) is 35.9 Å². The van der Waals surface area contributed by atoms with Crippen molar-refractivity contribution >= 4 is 0 Å². The molecule has 0 N–H and O–H groups in total. The Kier molecular flexibility index (Phi) is 3.34. The largest absolute Gasteiger partial charge is 0.293 e. The molecular weight excluding hydrogens is 220 g/mol. The molecule has 0 unspecified atom stereocenters. The Labute approximate surface area is 109 Å². The average molecular weight is 240 g/mol. The number of benzene rings is 1. The van der Waals surface area contributed by atoms with Crippen LogP contribution in [0.5, 0.6) is 0 Å². The van der Waals surface area contributed by atoms with Crippen molar-refractivity contribution in [1.29, 1.82) is 5.26 Å². The molecule has 2 bridgehead atoms. The molecule has 0 spiro atoms. The van der Waals surface area contributed by atoms with Crippen LogP contribution in [0.3, 0.4) is 0 Å². The highest BCUT2D eigenvalue weighted by Gasteiger charge is 2.37. The number of rotatable bonds is 2. The minimum absolute atomic E-state index is 0.298. The Morgan fingerprint density at radius 1 is 1.11 bits per heavy atom. The Morgan fingerprint density at radius 3 is 2.39 bits per heavy atom. The van der Waals surface area contributed by atoms with Gasteiger partial charge in [-0.05, 0) is 31.2 Å². The zero-order chi connectivity index (χ0) is 12.4. The highest BCUT2D eigenvalue weighted by molar-refractivity contribution is 5.15. The topological polar surface area (TPSA) is 27.0 Å². The van der Waals surface area contributed by atoms with Crippen molar-refractivity contribution in [2.75, 3.05) is 0 Å². The van der Waals surface area contributed by atoms with Crippen molar-refractivity contribution in [3.8, 4) is 6.07 Å². The molecule has 2 heteroatoms. The second kappa shape index (κ2) is 5.12. The molecule has 18 heavy (non-hydrogen) atoms. The van der Waals surface area contributed by atoms with Crippen LogP contribution in [0, 0.1) is 17.2 Å². The zero-order valence-corrected chi connectivity index (χ0v) is 10.8. The molecule has 1 aromatic carbocycles. The van der Waals surface area contributed by atoms with Crippen molar-refractivity contribution in [3.63, 3.8) is 0 Å². The van der Waals surface area contributed by atoms with Crippen LogP contribution in [-0.4, -0.2) is 17.0 Å². The van der Waals surface area contributed by atoms with E-state index < -0.39 is 0 Å². The molecule has 3 rings (SSSR count). The lowest BCUT2D eigenvalue weighted by Gasteiger charge is -2.47. The van der Waals surface area contributed by atoms with Crippen LogP contribution in [0.25, 0.3) is 0 Å². The van der Waals surface area contributed by atoms with Gasteiger partial charge in [0.05, 0.1) is 6.07 Å². The number of hydrogen-bond acceptors (Lipinski definition) is 2. The Balaban J connectivity index is 1.74. The minimum atomic E-state index is 0.298. The van der Waals surface area contributed by atoms with Gasteiger partial charge in [-0.3, -0.25) is 4.90 Å². The monoisotopic (exact) mass is 240 g/mol. The van der Waals surface area contributed by atoms with Crippen molar-refractivity contribution < 1.29 is 0 Å². The van der Waals surface area contributed by atoms with E-state index in [4.69, 9.17) is 5.26 Å². The van der Waals surface area contributed by atoms with Gasteiger partial charge in [-0.2, -0.15) is 5.26 Å². The van der Waals surface area contributed by atoms with Gasteiger partial charge in [0.25, 0.3) is 0 Å². The van der Waals surface area contributed by atoms with Crippen LogP contribution in [0.1, 0.15) is 37.7 Å². The van der Waals surface area contributed by atoms with E-state index in [2.05, 4.69) is 41.3 Å². The summed E-state index contributed by atoms with van der Waals surface area (Å²) in [7, 11) is 0. The lowest BCUT2D eigenvalue weighted by atomic mass is 9.79. The summed E-state index contributed by atoms with van der Waals surface area (Å²) in [5.74, 6) is 0.298. The van der Waals surface area contributed by atoms with Crippen molar-refractivity contribution in [2.45, 2.75) is 50.7 Å². The number of nitriles is 1. The maximum absolute atomic E-state index is 9.15. The predicted octanol–water partition coefficient (Wildman–Crippen LogP) is 3.34. The molecule has 2 saturated heterocycles. The highest BCUT2D eigenvalue weighted by atomic mass is 15.2. The molecule has 2 heterocycles. The fraction of sp³-hybridized carbons (Fsp3) is 0.562. The molecule has 94 valence electrons. The van der Waals surface area contributed by atoms with E-state index in [1.54, 1.807) is 0 Å². The third-order valence-electron chi connectivity index (χ3n) is 4.52. The van der Waals surface area contributed by atoms with Gasteiger partial charge >= 0.3 is 0 Å². The molecule has 0 amide bonds. The molecule has 0 aromatic heterocycles. The molecule has 2 atom stereocenters. The predicted molar refractivity (Wildman–Crippen MR) is 71.7 cm³/mol. The van der Waals surface area contributed by atoms with Gasteiger partial charge in [0.1, 0.15) is 0 Å². The molecule has 2 nitrogen and oxygen atoms in total. The van der Waals surface area contributed by atoms with Crippen LogP contribution < -0.4 is 0 Å². The Morgan fingerprint density at radius 2 is 1.78 bits per heavy atom. The smallest absolute Gasteiger partial charge is 0.0657 e. The first-order valence-corrected chi connectivity index (χ1v) is 7.06. The van der Waals surface area contributed by atoms with Crippen molar-refractivity contribution in [2.24, 2.45) is 5.92 Å². The molecule has 0 saturated carbocycles. The van der Waals surface area contributed by atoms with E-state index in [1.807, 2.05) is 0 Å². The molecule has 2 aliphatic heterocycles. The van der Waals surface area contributed by atoms with Gasteiger partial charge in [-0.15, -0.1) is 0 Å².